The van der Waals surface area contributed by atoms with Crippen molar-refractivity contribution in [1.29, 1.82) is 0 Å². The second-order valence-electron chi connectivity index (χ2n) is 4.52. The Hall–Kier alpha value is -0.900. The van der Waals surface area contributed by atoms with Crippen LogP contribution in [0, 0.1) is 0 Å². The third kappa shape index (κ3) is 3.80. The van der Waals surface area contributed by atoms with E-state index in [9.17, 15) is 0 Å². The van der Waals surface area contributed by atoms with Crippen LogP contribution in [-0.2, 0) is 16.0 Å². The molecule has 0 spiro atoms. The van der Waals surface area contributed by atoms with Crippen molar-refractivity contribution in [3.05, 3.63) is 35.9 Å². The van der Waals surface area contributed by atoms with E-state index in [2.05, 4.69) is 29.6 Å². The first-order chi connectivity index (χ1) is 8.40. The lowest BCUT2D eigenvalue weighted by molar-refractivity contribution is -0.0767. The standard InChI is InChI=1S/C14H21NO2/c1-16-11-17-14-9-5-8-13(14)15-10-12-6-3-2-4-7-12/h2-4,6-7,13-15H,5,8-11H2,1H3. The highest BCUT2D eigenvalue weighted by atomic mass is 16.7. The first-order valence-corrected chi connectivity index (χ1v) is 6.28. The van der Waals surface area contributed by atoms with E-state index in [4.69, 9.17) is 9.47 Å². The molecular formula is C14H21NO2. The zero-order valence-electron chi connectivity index (χ0n) is 10.4. The van der Waals surface area contributed by atoms with Crippen molar-refractivity contribution in [2.24, 2.45) is 0 Å². The fourth-order valence-corrected chi connectivity index (χ4v) is 2.36. The predicted molar refractivity (Wildman–Crippen MR) is 67.7 cm³/mol. The molecular weight excluding hydrogens is 214 g/mol. The summed E-state index contributed by atoms with van der Waals surface area (Å²) >= 11 is 0. The number of hydrogen-bond donors (Lipinski definition) is 1. The van der Waals surface area contributed by atoms with E-state index in [1.165, 1.54) is 18.4 Å². The molecule has 1 aromatic rings. The SMILES string of the molecule is COCOC1CCCC1NCc1ccccc1. The molecule has 1 aliphatic carbocycles. The van der Waals surface area contributed by atoms with E-state index in [1.807, 2.05) is 6.07 Å². The van der Waals surface area contributed by atoms with Crippen molar-refractivity contribution >= 4 is 0 Å². The van der Waals surface area contributed by atoms with E-state index >= 15 is 0 Å². The van der Waals surface area contributed by atoms with Gasteiger partial charge in [0.15, 0.2) is 0 Å². The molecule has 1 aromatic carbocycles. The van der Waals surface area contributed by atoms with E-state index in [0.717, 1.165) is 13.0 Å². The van der Waals surface area contributed by atoms with Crippen LogP contribution in [0.25, 0.3) is 0 Å². The lowest BCUT2D eigenvalue weighted by Crippen LogP contribution is -2.37. The van der Waals surface area contributed by atoms with Gasteiger partial charge >= 0.3 is 0 Å². The zero-order valence-corrected chi connectivity index (χ0v) is 10.4. The molecule has 0 aromatic heterocycles. The second-order valence-corrected chi connectivity index (χ2v) is 4.52. The Labute approximate surface area is 103 Å². The second kappa shape index (κ2) is 6.74. The Kier molecular flexibility index (Phi) is 4.98. The summed E-state index contributed by atoms with van der Waals surface area (Å²) in [6, 6.07) is 10.9. The van der Waals surface area contributed by atoms with Gasteiger partial charge in [0, 0.05) is 19.7 Å². The maximum absolute atomic E-state index is 5.67. The maximum atomic E-state index is 5.67. The number of hydrogen-bond acceptors (Lipinski definition) is 3. The molecule has 2 atom stereocenters. The normalized spacial score (nSPS) is 24.1. The fraction of sp³-hybridized carbons (Fsp3) is 0.571. The number of methoxy groups -OCH3 is 1. The summed E-state index contributed by atoms with van der Waals surface area (Å²) in [5.74, 6) is 0. The average Bonchev–Trinajstić information content (AvgIpc) is 2.82. The number of rotatable bonds is 6. The minimum Gasteiger partial charge on any atom is -0.359 e. The van der Waals surface area contributed by atoms with Crippen molar-refractivity contribution in [3.63, 3.8) is 0 Å². The van der Waals surface area contributed by atoms with Gasteiger partial charge in [-0.05, 0) is 24.8 Å². The molecule has 94 valence electrons. The zero-order chi connectivity index (χ0) is 11.9. The predicted octanol–water partition coefficient (Wildman–Crippen LogP) is 2.32. The molecule has 1 fully saturated rings. The average molecular weight is 235 g/mol. The minimum absolute atomic E-state index is 0.304. The molecule has 1 saturated carbocycles. The first-order valence-electron chi connectivity index (χ1n) is 6.28. The molecule has 2 unspecified atom stereocenters. The Morgan fingerprint density at radius 2 is 2.06 bits per heavy atom. The molecule has 0 bridgehead atoms. The van der Waals surface area contributed by atoms with Gasteiger partial charge in [-0.2, -0.15) is 0 Å². The largest absolute Gasteiger partial charge is 0.359 e. The smallest absolute Gasteiger partial charge is 0.146 e. The first kappa shape index (κ1) is 12.6. The molecule has 1 aliphatic rings. The summed E-state index contributed by atoms with van der Waals surface area (Å²) in [7, 11) is 1.67. The van der Waals surface area contributed by atoms with Gasteiger partial charge in [-0.1, -0.05) is 30.3 Å². The topological polar surface area (TPSA) is 30.5 Å². The molecule has 17 heavy (non-hydrogen) atoms. The van der Waals surface area contributed by atoms with Gasteiger partial charge in [0.2, 0.25) is 0 Å². The highest BCUT2D eigenvalue weighted by molar-refractivity contribution is 5.14. The van der Waals surface area contributed by atoms with Crippen LogP contribution in [0.5, 0.6) is 0 Å². The Bertz CT molecular complexity index is 315. The summed E-state index contributed by atoms with van der Waals surface area (Å²) in [4.78, 5) is 0. The number of benzene rings is 1. The number of nitrogens with one attached hydrogen (secondary N) is 1. The highest BCUT2D eigenvalue weighted by Crippen LogP contribution is 2.22. The van der Waals surface area contributed by atoms with Crippen molar-refractivity contribution in [1.82, 2.24) is 5.32 Å². The molecule has 0 amide bonds. The van der Waals surface area contributed by atoms with Crippen LogP contribution in [0.3, 0.4) is 0 Å². The van der Waals surface area contributed by atoms with Crippen molar-refractivity contribution in [3.8, 4) is 0 Å². The van der Waals surface area contributed by atoms with E-state index in [1.54, 1.807) is 7.11 Å². The lowest BCUT2D eigenvalue weighted by atomic mass is 10.2. The molecule has 0 heterocycles. The van der Waals surface area contributed by atoms with Crippen molar-refractivity contribution in [2.75, 3.05) is 13.9 Å². The summed E-state index contributed by atoms with van der Waals surface area (Å²) < 4.78 is 10.6. The van der Waals surface area contributed by atoms with Gasteiger partial charge in [-0.15, -0.1) is 0 Å². The van der Waals surface area contributed by atoms with Gasteiger partial charge in [0.05, 0.1) is 6.10 Å². The molecule has 0 saturated heterocycles. The van der Waals surface area contributed by atoms with Crippen LogP contribution in [0.4, 0.5) is 0 Å². The number of ether oxygens (including phenoxy) is 2. The summed E-state index contributed by atoms with van der Waals surface area (Å²) in [6.07, 6.45) is 3.87. The Morgan fingerprint density at radius 3 is 2.82 bits per heavy atom. The van der Waals surface area contributed by atoms with Crippen LogP contribution < -0.4 is 5.32 Å². The fourth-order valence-electron chi connectivity index (χ4n) is 2.36. The van der Waals surface area contributed by atoms with Crippen molar-refractivity contribution in [2.45, 2.75) is 38.0 Å². The minimum atomic E-state index is 0.304. The monoisotopic (exact) mass is 235 g/mol. The van der Waals surface area contributed by atoms with E-state index in [0.29, 0.717) is 18.9 Å². The molecule has 3 nitrogen and oxygen atoms in total. The summed E-state index contributed by atoms with van der Waals surface area (Å²) in [5, 5.41) is 3.58. The molecule has 1 N–H and O–H groups in total. The van der Waals surface area contributed by atoms with Gasteiger partial charge in [-0.3, -0.25) is 0 Å². The van der Waals surface area contributed by atoms with Gasteiger partial charge in [-0.25, -0.2) is 0 Å². The maximum Gasteiger partial charge on any atom is 0.146 e. The van der Waals surface area contributed by atoms with Crippen LogP contribution in [0.1, 0.15) is 24.8 Å². The third-order valence-electron chi connectivity index (χ3n) is 3.26. The molecule has 0 aliphatic heterocycles. The van der Waals surface area contributed by atoms with E-state index in [-0.39, 0.29) is 0 Å². The molecule has 3 heteroatoms. The lowest BCUT2D eigenvalue weighted by Gasteiger charge is -2.21. The van der Waals surface area contributed by atoms with Gasteiger partial charge in [0.25, 0.3) is 0 Å². The van der Waals surface area contributed by atoms with Crippen LogP contribution >= 0.6 is 0 Å². The Balaban J connectivity index is 1.78. The van der Waals surface area contributed by atoms with Gasteiger partial charge in [0.1, 0.15) is 6.79 Å². The molecule has 2 rings (SSSR count). The summed E-state index contributed by atoms with van der Waals surface area (Å²) in [6.45, 7) is 1.31. The van der Waals surface area contributed by atoms with Gasteiger partial charge < -0.3 is 14.8 Å². The van der Waals surface area contributed by atoms with Crippen LogP contribution in [0.2, 0.25) is 0 Å². The third-order valence-corrected chi connectivity index (χ3v) is 3.26. The highest BCUT2D eigenvalue weighted by Gasteiger charge is 2.27. The van der Waals surface area contributed by atoms with E-state index < -0.39 is 0 Å². The Morgan fingerprint density at radius 1 is 1.24 bits per heavy atom. The molecule has 0 radical (unpaired) electrons. The quantitative estimate of drug-likeness (QED) is 0.768. The summed E-state index contributed by atoms with van der Waals surface area (Å²) in [5.41, 5.74) is 1.32. The van der Waals surface area contributed by atoms with Crippen LogP contribution in [-0.4, -0.2) is 26.0 Å². The van der Waals surface area contributed by atoms with Crippen LogP contribution in [0.15, 0.2) is 30.3 Å². The van der Waals surface area contributed by atoms with Crippen molar-refractivity contribution < 1.29 is 9.47 Å².